The summed E-state index contributed by atoms with van der Waals surface area (Å²) in [5.41, 5.74) is 1.94. The average Bonchev–Trinajstić information content (AvgIpc) is 3.30. The van der Waals surface area contributed by atoms with Gasteiger partial charge in [0.15, 0.2) is 5.82 Å². The number of thiophene rings is 1. The van der Waals surface area contributed by atoms with E-state index in [0.29, 0.717) is 11.7 Å². The Bertz CT molecular complexity index is 1070. The lowest BCUT2D eigenvalue weighted by molar-refractivity contribution is 0.373. The molecular weight excluding hydrogens is 383 g/mol. The van der Waals surface area contributed by atoms with Crippen molar-refractivity contribution in [3.8, 4) is 11.1 Å². The van der Waals surface area contributed by atoms with E-state index in [2.05, 4.69) is 20.1 Å². The number of aromatic nitrogens is 4. The summed E-state index contributed by atoms with van der Waals surface area (Å²) in [6, 6.07) is 6.47. The molecule has 1 aromatic carbocycles. The maximum absolute atomic E-state index is 13.3. The van der Waals surface area contributed by atoms with Crippen LogP contribution in [0.5, 0.6) is 0 Å². The lowest BCUT2D eigenvalue weighted by Crippen LogP contribution is -1.94. The summed E-state index contributed by atoms with van der Waals surface area (Å²) in [4.78, 5) is 14.2. The maximum atomic E-state index is 13.3. The molecule has 0 N–H and O–H groups in total. The number of rotatable bonds is 5. The average molecular weight is 401 g/mol. The standard InChI is InChI=1S/C19H17FN4OS2/c1-10(2)16-23-17(25-24-16)11(3)27-19-15-14(8-26-18(15)21-9-22-19)12-4-6-13(20)7-5-12/h4-11H,1-3H3/t11-/m0/s1. The molecule has 0 spiro atoms. The van der Waals surface area contributed by atoms with Crippen LogP contribution in [0.4, 0.5) is 4.39 Å². The Hall–Kier alpha value is -2.32. The quantitative estimate of drug-likeness (QED) is 0.309. The van der Waals surface area contributed by atoms with Gasteiger partial charge < -0.3 is 4.52 Å². The first-order valence-corrected chi connectivity index (χ1v) is 10.3. The summed E-state index contributed by atoms with van der Waals surface area (Å²) < 4.78 is 18.7. The third-order valence-corrected chi connectivity index (χ3v) is 6.08. The molecule has 0 amide bonds. The molecule has 0 saturated heterocycles. The summed E-state index contributed by atoms with van der Waals surface area (Å²) in [5, 5.41) is 7.83. The van der Waals surface area contributed by atoms with Crippen molar-refractivity contribution in [3.63, 3.8) is 0 Å². The summed E-state index contributed by atoms with van der Waals surface area (Å²) in [7, 11) is 0. The van der Waals surface area contributed by atoms with Gasteiger partial charge in [-0.3, -0.25) is 0 Å². The van der Waals surface area contributed by atoms with Crippen LogP contribution < -0.4 is 0 Å². The van der Waals surface area contributed by atoms with Gasteiger partial charge in [0, 0.05) is 16.9 Å². The molecule has 138 valence electrons. The molecule has 8 heteroatoms. The second kappa shape index (κ2) is 7.36. The first kappa shape index (κ1) is 18.1. The summed E-state index contributed by atoms with van der Waals surface area (Å²) in [5.74, 6) is 1.24. The van der Waals surface area contributed by atoms with E-state index in [1.54, 1.807) is 41.6 Å². The van der Waals surface area contributed by atoms with Gasteiger partial charge in [0.1, 0.15) is 22.0 Å². The molecule has 0 saturated carbocycles. The van der Waals surface area contributed by atoms with E-state index in [0.717, 1.165) is 26.4 Å². The molecule has 0 unspecified atom stereocenters. The number of hydrogen-bond donors (Lipinski definition) is 0. The molecule has 0 radical (unpaired) electrons. The number of halogens is 1. The molecule has 4 aromatic rings. The second-order valence-corrected chi connectivity index (χ2v) is 8.61. The Morgan fingerprint density at radius 3 is 2.59 bits per heavy atom. The largest absolute Gasteiger partial charge is 0.338 e. The van der Waals surface area contributed by atoms with Crippen LogP contribution in [0.3, 0.4) is 0 Å². The molecule has 0 aliphatic carbocycles. The first-order valence-electron chi connectivity index (χ1n) is 8.51. The normalized spacial score (nSPS) is 12.8. The van der Waals surface area contributed by atoms with E-state index < -0.39 is 0 Å². The molecule has 3 aromatic heterocycles. The van der Waals surface area contributed by atoms with Crippen molar-refractivity contribution in [1.82, 2.24) is 20.1 Å². The second-order valence-electron chi connectivity index (χ2n) is 6.42. The Morgan fingerprint density at radius 2 is 1.89 bits per heavy atom. The number of hydrogen-bond acceptors (Lipinski definition) is 7. The van der Waals surface area contributed by atoms with Crippen molar-refractivity contribution < 1.29 is 8.91 Å². The molecule has 0 aliphatic rings. The van der Waals surface area contributed by atoms with Crippen molar-refractivity contribution in [2.75, 3.05) is 0 Å². The maximum Gasteiger partial charge on any atom is 0.239 e. The zero-order valence-corrected chi connectivity index (χ0v) is 16.6. The SMILES string of the molecule is CC(C)c1noc([C@H](C)Sc2ncnc3scc(-c4ccc(F)cc4)c23)n1. The lowest BCUT2D eigenvalue weighted by Gasteiger charge is -2.08. The van der Waals surface area contributed by atoms with Gasteiger partial charge in [-0.2, -0.15) is 4.98 Å². The minimum atomic E-state index is -0.255. The fraction of sp³-hybridized carbons (Fsp3) is 0.263. The molecular formula is C19H17FN4OS2. The monoisotopic (exact) mass is 400 g/mol. The van der Waals surface area contributed by atoms with E-state index >= 15 is 0 Å². The van der Waals surface area contributed by atoms with Crippen molar-refractivity contribution in [1.29, 1.82) is 0 Å². The van der Waals surface area contributed by atoms with E-state index in [4.69, 9.17) is 4.52 Å². The van der Waals surface area contributed by atoms with Gasteiger partial charge in [0.2, 0.25) is 5.89 Å². The number of benzene rings is 1. The predicted molar refractivity (Wildman–Crippen MR) is 105 cm³/mol. The molecule has 27 heavy (non-hydrogen) atoms. The van der Waals surface area contributed by atoms with Crippen molar-refractivity contribution >= 4 is 33.3 Å². The van der Waals surface area contributed by atoms with Crippen LogP contribution in [0, 0.1) is 5.82 Å². The fourth-order valence-corrected chi connectivity index (χ4v) is 4.59. The molecule has 0 bridgehead atoms. The van der Waals surface area contributed by atoms with Crippen LogP contribution in [-0.4, -0.2) is 20.1 Å². The van der Waals surface area contributed by atoms with Crippen molar-refractivity contribution in [2.45, 2.75) is 37.0 Å². The molecule has 5 nitrogen and oxygen atoms in total. The Kier molecular flexibility index (Phi) is 4.92. The third kappa shape index (κ3) is 3.59. The Labute approximate surface area is 164 Å². The van der Waals surface area contributed by atoms with Crippen LogP contribution in [0.1, 0.15) is 43.7 Å². The lowest BCUT2D eigenvalue weighted by atomic mass is 10.1. The van der Waals surface area contributed by atoms with E-state index in [1.807, 2.05) is 26.2 Å². The van der Waals surface area contributed by atoms with Gasteiger partial charge in [-0.05, 0) is 24.6 Å². The van der Waals surface area contributed by atoms with Crippen LogP contribution in [0.15, 0.2) is 45.5 Å². The number of thioether (sulfide) groups is 1. The molecule has 4 rings (SSSR count). The smallest absolute Gasteiger partial charge is 0.239 e. The molecule has 1 atom stereocenters. The van der Waals surface area contributed by atoms with Gasteiger partial charge in [0.05, 0.1) is 10.6 Å². The van der Waals surface area contributed by atoms with E-state index in [9.17, 15) is 4.39 Å². The number of nitrogens with zero attached hydrogens (tertiary/aromatic N) is 4. The zero-order valence-electron chi connectivity index (χ0n) is 15.0. The van der Waals surface area contributed by atoms with Crippen molar-refractivity contribution in [3.05, 3.63) is 53.5 Å². The van der Waals surface area contributed by atoms with Gasteiger partial charge in [-0.15, -0.1) is 11.3 Å². The van der Waals surface area contributed by atoms with Gasteiger partial charge in [-0.1, -0.05) is 42.9 Å². The van der Waals surface area contributed by atoms with Gasteiger partial charge in [-0.25, -0.2) is 14.4 Å². The van der Waals surface area contributed by atoms with Gasteiger partial charge in [0.25, 0.3) is 0 Å². The summed E-state index contributed by atoms with van der Waals surface area (Å²) in [6.45, 7) is 6.07. The van der Waals surface area contributed by atoms with Crippen molar-refractivity contribution in [2.24, 2.45) is 0 Å². The summed E-state index contributed by atoms with van der Waals surface area (Å²) >= 11 is 3.10. The van der Waals surface area contributed by atoms with Crippen LogP contribution in [0.25, 0.3) is 21.3 Å². The Morgan fingerprint density at radius 1 is 1.11 bits per heavy atom. The highest BCUT2D eigenvalue weighted by atomic mass is 32.2. The topological polar surface area (TPSA) is 64.7 Å². The highest BCUT2D eigenvalue weighted by Gasteiger charge is 2.21. The number of fused-ring (bicyclic) bond motifs is 1. The van der Waals surface area contributed by atoms with E-state index in [1.165, 1.54) is 12.1 Å². The molecule has 0 aliphatic heterocycles. The predicted octanol–water partition coefficient (Wildman–Crippen LogP) is 5.86. The summed E-state index contributed by atoms with van der Waals surface area (Å²) in [6.07, 6.45) is 1.57. The highest BCUT2D eigenvalue weighted by Crippen LogP contribution is 2.42. The van der Waals surface area contributed by atoms with Gasteiger partial charge >= 0.3 is 0 Å². The van der Waals surface area contributed by atoms with E-state index in [-0.39, 0.29) is 17.0 Å². The fourth-order valence-electron chi connectivity index (χ4n) is 2.64. The zero-order chi connectivity index (χ0) is 19.0. The van der Waals surface area contributed by atoms with Crippen LogP contribution in [-0.2, 0) is 0 Å². The minimum absolute atomic E-state index is 0.0518. The molecule has 3 heterocycles. The minimum Gasteiger partial charge on any atom is -0.338 e. The van der Waals surface area contributed by atoms with Crippen LogP contribution in [0.2, 0.25) is 0 Å². The third-order valence-electron chi connectivity index (χ3n) is 4.10. The first-order chi connectivity index (χ1) is 13.0. The molecule has 0 fully saturated rings. The Balaban J connectivity index is 1.71. The highest BCUT2D eigenvalue weighted by molar-refractivity contribution is 7.99. The van der Waals surface area contributed by atoms with Crippen LogP contribution >= 0.6 is 23.1 Å².